The monoisotopic (exact) mass is 290 g/mol. The number of alkyl halides is 3. The van der Waals surface area contributed by atoms with E-state index in [2.05, 4.69) is 0 Å². The van der Waals surface area contributed by atoms with Crippen molar-refractivity contribution < 1.29 is 27.8 Å². The molecule has 0 aliphatic rings. The molecule has 112 valence electrons. The zero-order valence-corrected chi connectivity index (χ0v) is 11.5. The van der Waals surface area contributed by atoms with E-state index in [-0.39, 0.29) is 11.5 Å². The summed E-state index contributed by atoms with van der Waals surface area (Å²) in [7, 11) is 0. The first kappa shape index (κ1) is 16.5. The van der Waals surface area contributed by atoms with E-state index in [0.29, 0.717) is 0 Å². The van der Waals surface area contributed by atoms with Crippen LogP contribution in [0.1, 0.15) is 26.3 Å². The normalized spacial score (nSPS) is 13.9. The van der Waals surface area contributed by atoms with Gasteiger partial charge in [-0.2, -0.15) is 13.2 Å². The van der Waals surface area contributed by atoms with Gasteiger partial charge in [0.2, 0.25) is 0 Å². The van der Waals surface area contributed by atoms with Crippen molar-refractivity contribution in [3.8, 4) is 5.75 Å². The summed E-state index contributed by atoms with van der Waals surface area (Å²) in [5, 5.41) is 9.18. The van der Waals surface area contributed by atoms with Crippen LogP contribution >= 0.6 is 0 Å². The van der Waals surface area contributed by atoms with E-state index in [4.69, 9.17) is 4.74 Å². The van der Waals surface area contributed by atoms with E-state index >= 15 is 0 Å². The Morgan fingerprint density at radius 3 is 2.35 bits per heavy atom. The zero-order chi connectivity index (χ0) is 15.6. The number of ether oxygens (including phenoxy) is 1. The number of hydrogen-bond acceptors (Lipinski definition) is 3. The molecule has 1 aromatic rings. The van der Waals surface area contributed by atoms with Crippen LogP contribution in [0.4, 0.5) is 13.2 Å². The summed E-state index contributed by atoms with van der Waals surface area (Å²) < 4.78 is 42.9. The lowest BCUT2D eigenvalue weighted by atomic mass is 9.88. The number of halogens is 3. The van der Waals surface area contributed by atoms with Crippen LogP contribution < -0.4 is 4.74 Å². The molecule has 6 heteroatoms. The third-order valence-corrected chi connectivity index (χ3v) is 2.64. The fourth-order valence-electron chi connectivity index (χ4n) is 1.57. The Morgan fingerprint density at radius 2 is 1.90 bits per heavy atom. The molecule has 0 aliphatic carbocycles. The first-order valence-corrected chi connectivity index (χ1v) is 6.05. The molecular weight excluding hydrogens is 273 g/mol. The molecule has 0 saturated heterocycles. The fourth-order valence-corrected chi connectivity index (χ4v) is 1.57. The summed E-state index contributed by atoms with van der Waals surface area (Å²) in [6.45, 7) is 4.35. The number of rotatable bonds is 4. The van der Waals surface area contributed by atoms with Gasteiger partial charge in [-0.05, 0) is 18.2 Å². The van der Waals surface area contributed by atoms with Gasteiger partial charge in [0.25, 0.3) is 0 Å². The molecule has 0 amide bonds. The predicted octanol–water partition coefficient (Wildman–Crippen LogP) is 3.06. The highest BCUT2D eigenvalue weighted by atomic mass is 19.4. The van der Waals surface area contributed by atoms with Gasteiger partial charge in [0, 0.05) is 5.41 Å². The molecule has 0 fully saturated rings. The average Bonchev–Trinajstić information content (AvgIpc) is 2.33. The topological polar surface area (TPSA) is 46.5 Å². The van der Waals surface area contributed by atoms with Gasteiger partial charge in [-0.15, -0.1) is 0 Å². The third kappa shape index (κ3) is 4.23. The number of aliphatic hydroxyl groups excluding tert-OH is 1. The van der Waals surface area contributed by atoms with Gasteiger partial charge in [0.1, 0.15) is 5.75 Å². The van der Waals surface area contributed by atoms with Crippen LogP contribution in [0, 0.1) is 5.41 Å². The van der Waals surface area contributed by atoms with Crippen LogP contribution in [0.5, 0.6) is 5.75 Å². The molecule has 0 saturated carbocycles. The molecule has 1 N–H and O–H groups in total. The quantitative estimate of drug-likeness (QED) is 0.927. The number of ketones is 1. The van der Waals surface area contributed by atoms with Crippen molar-refractivity contribution in [3.05, 3.63) is 29.8 Å². The fraction of sp³-hybridized carbons (Fsp3) is 0.500. The minimum absolute atomic E-state index is 0.100. The minimum atomic E-state index is -4.48. The van der Waals surface area contributed by atoms with Crippen LogP contribution in [0.15, 0.2) is 24.3 Å². The first-order chi connectivity index (χ1) is 9.05. The van der Waals surface area contributed by atoms with Crippen molar-refractivity contribution in [2.75, 3.05) is 6.61 Å². The summed E-state index contributed by atoms with van der Waals surface area (Å²) in [6.07, 6.45) is -5.67. The smallest absolute Gasteiger partial charge is 0.416 e. The van der Waals surface area contributed by atoms with Gasteiger partial charge in [-0.25, -0.2) is 0 Å². The Labute approximate surface area is 115 Å². The second-order valence-electron chi connectivity index (χ2n) is 5.43. The Balaban J connectivity index is 2.94. The van der Waals surface area contributed by atoms with Gasteiger partial charge in [-0.1, -0.05) is 26.8 Å². The number of Topliss-reactive ketones (excluding diaryl/α,β-unsaturated/α-hetero) is 1. The van der Waals surface area contributed by atoms with Gasteiger partial charge < -0.3 is 9.84 Å². The van der Waals surface area contributed by atoms with Crippen molar-refractivity contribution in [3.63, 3.8) is 0 Å². The van der Waals surface area contributed by atoms with Crippen LogP contribution in [-0.4, -0.2) is 23.6 Å². The molecular formula is C14H17F3O3. The maximum atomic E-state index is 12.6. The van der Waals surface area contributed by atoms with Crippen molar-refractivity contribution in [1.82, 2.24) is 0 Å². The van der Waals surface area contributed by atoms with E-state index in [1.54, 1.807) is 20.8 Å². The second-order valence-corrected chi connectivity index (χ2v) is 5.43. The van der Waals surface area contributed by atoms with Crippen LogP contribution in [0.25, 0.3) is 0 Å². The molecule has 1 atom stereocenters. The van der Waals surface area contributed by atoms with Crippen molar-refractivity contribution in [2.45, 2.75) is 33.1 Å². The Kier molecular flexibility index (Phi) is 4.81. The van der Waals surface area contributed by atoms with E-state index in [0.717, 1.165) is 12.1 Å². The SMILES string of the molecule is CC(C)(C)C(=O)C(CO)Oc1cccc(C(F)(F)F)c1. The molecule has 1 unspecified atom stereocenters. The Hall–Kier alpha value is -1.56. The number of carbonyl (C=O) groups is 1. The summed E-state index contributed by atoms with van der Waals surface area (Å²) in [6, 6.07) is 4.22. The van der Waals surface area contributed by atoms with Gasteiger partial charge >= 0.3 is 6.18 Å². The Bertz CT molecular complexity index is 475. The van der Waals surface area contributed by atoms with Crippen LogP contribution in [-0.2, 0) is 11.0 Å². The van der Waals surface area contributed by atoms with Gasteiger partial charge in [0.05, 0.1) is 12.2 Å². The minimum Gasteiger partial charge on any atom is -0.480 e. The maximum absolute atomic E-state index is 12.6. The van der Waals surface area contributed by atoms with Crippen LogP contribution in [0.3, 0.4) is 0 Å². The molecule has 0 bridgehead atoms. The van der Waals surface area contributed by atoms with Crippen molar-refractivity contribution in [2.24, 2.45) is 5.41 Å². The molecule has 0 spiro atoms. The molecule has 0 heterocycles. The summed E-state index contributed by atoms with van der Waals surface area (Å²) >= 11 is 0. The lowest BCUT2D eigenvalue weighted by molar-refractivity contribution is -0.137. The first-order valence-electron chi connectivity index (χ1n) is 6.05. The molecule has 1 aromatic carbocycles. The molecule has 0 aromatic heterocycles. The van der Waals surface area contributed by atoms with Crippen molar-refractivity contribution in [1.29, 1.82) is 0 Å². The highest BCUT2D eigenvalue weighted by Gasteiger charge is 2.33. The maximum Gasteiger partial charge on any atom is 0.416 e. The molecule has 20 heavy (non-hydrogen) atoms. The number of aliphatic hydroxyl groups is 1. The second kappa shape index (κ2) is 5.83. The number of carbonyl (C=O) groups excluding carboxylic acids is 1. The number of benzene rings is 1. The van der Waals surface area contributed by atoms with Gasteiger partial charge in [-0.3, -0.25) is 4.79 Å². The number of hydrogen-bond donors (Lipinski definition) is 1. The molecule has 1 rings (SSSR count). The van der Waals surface area contributed by atoms with E-state index in [9.17, 15) is 23.1 Å². The van der Waals surface area contributed by atoms with E-state index in [1.807, 2.05) is 0 Å². The average molecular weight is 290 g/mol. The lowest BCUT2D eigenvalue weighted by Crippen LogP contribution is -2.39. The van der Waals surface area contributed by atoms with Crippen LogP contribution in [0.2, 0.25) is 0 Å². The highest BCUT2D eigenvalue weighted by molar-refractivity contribution is 5.88. The summed E-state index contributed by atoms with van der Waals surface area (Å²) in [5.41, 5.74) is -1.62. The van der Waals surface area contributed by atoms with Crippen molar-refractivity contribution >= 4 is 5.78 Å². The lowest BCUT2D eigenvalue weighted by Gasteiger charge is -2.24. The largest absolute Gasteiger partial charge is 0.480 e. The predicted molar refractivity (Wildman–Crippen MR) is 67.4 cm³/mol. The third-order valence-electron chi connectivity index (χ3n) is 2.64. The highest BCUT2D eigenvalue weighted by Crippen LogP contribution is 2.31. The molecule has 0 radical (unpaired) electrons. The standard InChI is InChI=1S/C14H17F3O3/c1-13(2,3)12(19)11(8-18)20-10-6-4-5-9(7-10)14(15,16)17/h4-7,11,18H,8H2,1-3H3. The van der Waals surface area contributed by atoms with Gasteiger partial charge in [0.15, 0.2) is 11.9 Å². The Morgan fingerprint density at radius 1 is 1.30 bits per heavy atom. The summed E-state index contributed by atoms with van der Waals surface area (Å²) in [5.74, 6) is -0.478. The van der Waals surface area contributed by atoms with E-state index in [1.165, 1.54) is 12.1 Å². The zero-order valence-electron chi connectivity index (χ0n) is 11.5. The molecule has 3 nitrogen and oxygen atoms in total. The van der Waals surface area contributed by atoms with E-state index < -0.39 is 29.9 Å². The molecule has 0 aliphatic heterocycles. The summed E-state index contributed by atoms with van der Waals surface area (Å²) in [4.78, 5) is 12.0.